The summed E-state index contributed by atoms with van der Waals surface area (Å²) in [6, 6.07) is 9.24. The summed E-state index contributed by atoms with van der Waals surface area (Å²) >= 11 is 0. The zero-order chi connectivity index (χ0) is 20.5. The molecule has 0 atom stereocenters. The van der Waals surface area contributed by atoms with Gasteiger partial charge in [-0.3, -0.25) is 4.79 Å². The molecule has 1 aromatic heterocycles. The van der Waals surface area contributed by atoms with Gasteiger partial charge >= 0.3 is 6.03 Å². The van der Waals surface area contributed by atoms with Crippen LogP contribution in [0.4, 0.5) is 14.9 Å². The van der Waals surface area contributed by atoms with Crippen LogP contribution in [0, 0.1) is 5.82 Å². The Hall–Kier alpha value is -3.73. The van der Waals surface area contributed by atoms with E-state index in [2.05, 4.69) is 10.4 Å². The molecule has 0 fully saturated rings. The highest BCUT2D eigenvalue weighted by Gasteiger charge is 2.19. The summed E-state index contributed by atoms with van der Waals surface area (Å²) in [5.41, 5.74) is 10.5. The van der Waals surface area contributed by atoms with Crippen LogP contribution in [-0.2, 0) is 9.84 Å². The van der Waals surface area contributed by atoms with Gasteiger partial charge in [-0.1, -0.05) is 6.07 Å². The van der Waals surface area contributed by atoms with Crippen LogP contribution in [0.5, 0.6) is 0 Å². The van der Waals surface area contributed by atoms with E-state index in [1.807, 2.05) is 0 Å². The van der Waals surface area contributed by atoms with Crippen LogP contribution in [0.3, 0.4) is 0 Å². The Morgan fingerprint density at radius 3 is 2.29 bits per heavy atom. The van der Waals surface area contributed by atoms with E-state index in [9.17, 15) is 22.4 Å². The standard InChI is InChI=1S/C17H14FN5O4S/c18-10-2-1-3-13(8-10)28(26,27)12-6-4-11(5-7-12)23-9-14(21-17(20)25)15(22-23)16(19)24/h1-9H,(H2,19,24)(H3,20,21,25). The van der Waals surface area contributed by atoms with Crippen molar-refractivity contribution in [1.29, 1.82) is 0 Å². The number of hydrogen-bond donors (Lipinski definition) is 3. The number of anilines is 1. The predicted octanol–water partition coefficient (Wildman–Crippen LogP) is 1.43. The zero-order valence-corrected chi connectivity index (χ0v) is 15.0. The number of nitrogens with one attached hydrogen (secondary N) is 1. The number of aromatic nitrogens is 2. The number of sulfone groups is 1. The van der Waals surface area contributed by atoms with Crippen LogP contribution in [0.25, 0.3) is 5.69 Å². The third-order valence-corrected chi connectivity index (χ3v) is 5.49. The number of nitrogens with two attached hydrogens (primary N) is 2. The van der Waals surface area contributed by atoms with Gasteiger partial charge in [-0.05, 0) is 42.5 Å². The summed E-state index contributed by atoms with van der Waals surface area (Å²) in [4.78, 5) is 22.3. The highest BCUT2D eigenvalue weighted by atomic mass is 32.2. The minimum atomic E-state index is -3.91. The second kappa shape index (κ2) is 7.12. The SMILES string of the molecule is NC(=O)Nc1cn(-c2ccc(S(=O)(=O)c3cccc(F)c3)cc2)nc1C(N)=O. The molecule has 0 radical (unpaired) electrons. The third-order valence-electron chi connectivity index (χ3n) is 3.72. The number of benzene rings is 2. The molecule has 0 spiro atoms. The number of nitrogens with zero attached hydrogens (tertiary/aromatic N) is 2. The number of hydrogen-bond acceptors (Lipinski definition) is 5. The third kappa shape index (κ3) is 3.69. The molecule has 3 aromatic rings. The van der Waals surface area contributed by atoms with Crippen LogP contribution in [0.1, 0.15) is 10.5 Å². The molecule has 11 heteroatoms. The fourth-order valence-corrected chi connectivity index (χ4v) is 3.75. The summed E-state index contributed by atoms with van der Waals surface area (Å²) in [7, 11) is -3.91. The van der Waals surface area contributed by atoms with Gasteiger partial charge in [0.1, 0.15) is 5.82 Å². The zero-order valence-electron chi connectivity index (χ0n) is 14.2. The first kappa shape index (κ1) is 19.0. The molecule has 2 aromatic carbocycles. The highest BCUT2D eigenvalue weighted by Crippen LogP contribution is 2.23. The fraction of sp³-hybridized carbons (Fsp3) is 0. The molecule has 3 amide bonds. The van der Waals surface area contributed by atoms with Crippen LogP contribution < -0.4 is 16.8 Å². The van der Waals surface area contributed by atoms with Crippen molar-refractivity contribution < 1.29 is 22.4 Å². The number of primary amides is 2. The molecule has 0 saturated heterocycles. The average molecular weight is 403 g/mol. The summed E-state index contributed by atoms with van der Waals surface area (Å²) in [5, 5.41) is 6.20. The van der Waals surface area contributed by atoms with E-state index in [1.165, 1.54) is 47.3 Å². The van der Waals surface area contributed by atoms with Gasteiger partial charge in [0.05, 0.1) is 27.4 Å². The average Bonchev–Trinajstić information content (AvgIpc) is 3.05. The second-order valence-electron chi connectivity index (χ2n) is 5.64. The van der Waals surface area contributed by atoms with Crippen molar-refractivity contribution in [3.63, 3.8) is 0 Å². The number of amides is 3. The maximum Gasteiger partial charge on any atom is 0.316 e. The van der Waals surface area contributed by atoms with Gasteiger partial charge in [-0.15, -0.1) is 0 Å². The molecular formula is C17H14FN5O4S. The van der Waals surface area contributed by atoms with E-state index < -0.39 is 27.6 Å². The van der Waals surface area contributed by atoms with Gasteiger partial charge in [-0.25, -0.2) is 22.3 Å². The van der Waals surface area contributed by atoms with Crippen LogP contribution in [0.2, 0.25) is 0 Å². The number of halogens is 1. The van der Waals surface area contributed by atoms with Gasteiger partial charge in [0.25, 0.3) is 5.91 Å². The molecule has 5 N–H and O–H groups in total. The number of urea groups is 1. The lowest BCUT2D eigenvalue weighted by Crippen LogP contribution is -2.22. The van der Waals surface area contributed by atoms with Gasteiger partial charge in [0, 0.05) is 0 Å². The first-order valence-corrected chi connectivity index (χ1v) is 9.24. The van der Waals surface area contributed by atoms with Crippen molar-refractivity contribution in [2.24, 2.45) is 11.5 Å². The van der Waals surface area contributed by atoms with Crippen LogP contribution in [-0.4, -0.2) is 30.1 Å². The van der Waals surface area contributed by atoms with Crippen molar-refractivity contribution >= 4 is 27.5 Å². The maximum atomic E-state index is 13.3. The Morgan fingerprint density at radius 1 is 1.04 bits per heavy atom. The fourth-order valence-electron chi connectivity index (χ4n) is 2.46. The highest BCUT2D eigenvalue weighted by molar-refractivity contribution is 7.91. The predicted molar refractivity (Wildman–Crippen MR) is 97.1 cm³/mol. The quantitative estimate of drug-likeness (QED) is 0.589. The molecule has 0 unspecified atom stereocenters. The molecule has 0 aliphatic rings. The van der Waals surface area contributed by atoms with E-state index in [0.717, 1.165) is 12.1 Å². The smallest absolute Gasteiger partial charge is 0.316 e. The lowest BCUT2D eigenvalue weighted by atomic mass is 10.3. The molecule has 0 bridgehead atoms. The van der Waals surface area contributed by atoms with Crippen molar-refractivity contribution in [2.75, 3.05) is 5.32 Å². The van der Waals surface area contributed by atoms with E-state index in [-0.39, 0.29) is 21.2 Å². The first-order valence-electron chi connectivity index (χ1n) is 7.75. The molecule has 1 heterocycles. The van der Waals surface area contributed by atoms with E-state index >= 15 is 0 Å². The Kier molecular flexibility index (Phi) is 4.84. The summed E-state index contributed by atoms with van der Waals surface area (Å²) in [6.45, 7) is 0. The molecule has 9 nitrogen and oxygen atoms in total. The van der Waals surface area contributed by atoms with Crippen LogP contribution in [0.15, 0.2) is 64.5 Å². The lowest BCUT2D eigenvalue weighted by Gasteiger charge is -2.06. The van der Waals surface area contributed by atoms with Gasteiger partial charge in [0.2, 0.25) is 9.84 Å². The van der Waals surface area contributed by atoms with Crippen molar-refractivity contribution in [1.82, 2.24) is 9.78 Å². The van der Waals surface area contributed by atoms with Gasteiger partial charge in [-0.2, -0.15) is 5.10 Å². The molecule has 3 rings (SSSR count). The van der Waals surface area contributed by atoms with Crippen molar-refractivity contribution in [3.8, 4) is 5.69 Å². The molecular weight excluding hydrogens is 389 g/mol. The number of rotatable bonds is 5. The Bertz CT molecular complexity index is 1170. The number of carbonyl (C=O) groups excluding carboxylic acids is 2. The van der Waals surface area contributed by atoms with Crippen molar-refractivity contribution in [3.05, 3.63) is 66.2 Å². The van der Waals surface area contributed by atoms with E-state index in [4.69, 9.17) is 11.5 Å². The normalized spacial score (nSPS) is 11.2. The Morgan fingerprint density at radius 2 is 1.71 bits per heavy atom. The summed E-state index contributed by atoms with van der Waals surface area (Å²) in [6.07, 6.45) is 1.31. The van der Waals surface area contributed by atoms with E-state index in [0.29, 0.717) is 5.69 Å². The Labute approximate surface area is 158 Å². The minimum absolute atomic E-state index is 0.0106. The second-order valence-corrected chi connectivity index (χ2v) is 7.59. The molecule has 144 valence electrons. The summed E-state index contributed by atoms with van der Waals surface area (Å²) in [5.74, 6) is -1.55. The molecule has 28 heavy (non-hydrogen) atoms. The summed E-state index contributed by atoms with van der Waals surface area (Å²) < 4.78 is 39.7. The van der Waals surface area contributed by atoms with Gasteiger partial charge < -0.3 is 16.8 Å². The molecule has 0 aliphatic heterocycles. The lowest BCUT2D eigenvalue weighted by molar-refractivity contribution is 0.0996. The topological polar surface area (TPSA) is 150 Å². The molecule has 0 saturated carbocycles. The largest absolute Gasteiger partial charge is 0.364 e. The van der Waals surface area contributed by atoms with Gasteiger partial charge in [0.15, 0.2) is 5.69 Å². The Balaban J connectivity index is 1.97. The van der Waals surface area contributed by atoms with Crippen LogP contribution >= 0.6 is 0 Å². The van der Waals surface area contributed by atoms with Crippen molar-refractivity contribution in [2.45, 2.75) is 9.79 Å². The molecule has 0 aliphatic carbocycles. The minimum Gasteiger partial charge on any atom is -0.364 e. The monoisotopic (exact) mass is 403 g/mol. The first-order chi connectivity index (χ1) is 13.2. The maximum absolute atomic E-state index is 13.3. The van der Waals surface area contributed by atoms with E-state index in [1.54, 1.807) is 0 Å². The number of carbonyl (C=O) groups is 2.